The molecule has 1 aromatic carbocycles. The minimum absolute atomic E-state index is 0.0405. The number of likely N-dealkylation sites (tertiary alicyclic amines) is 1. The number of nitrogens with two attached hydrogens (primary N) is 1. The molecule has 2 aliphatic rings. The molecule has 2 aliphatic heterocycles. The van der Waals surface area contributed by atoms with Crippen molar-refractivity contribution in [2.75, 3.05) is 43.1 Å². The van der Waals surface area contributed by atoms with E-state index >= 15 is 4.39 Å². The molecule has 2 saturated heterocycles. The number of para-hydroxylation sites is 1. The normalized spacial score (nSPS) is 16.1. The molecule has 0 aliphatic carbocycles. The number of rotatable bonds is 6. The van der Waals surface area contributed by atoms with E-state index in [9.17, 15) is 18.0 Å². The first-order chi connectivity index (χ1) is 23.2. The average molecular weight is 702 g/mol. The van der Waals surface area contributed by atoms with Crippen molar-refractivity contribution in [3.63, 3.8) is 0 Å². The average Bonchev–Trinajstić information content (AvgIpc) is 3.43. The maximum atomic E-state index is 16.5. The number of nitrogen functional groups attached to an aromatic ring is 1. The van der Waals surface area contributed by atoms with E-state index in [1.54, 1.807) is 29.3 Å². The number of fused-ring (bicyclic) bond motifs is 2. The van der Waals surface area contributed by atoms with Gasteiger partial charge < -0.3 is 15.5 Å². The highest BCUT2D eigenvalue weighted by Gasteiger charge is 2.47. The van der Waals surface area contributed by atoms with Crippen molar-refractivity contribution in [1.82, 2.24) is 24.4 Å². The summed E-state index contributed by atoms with van der Waals surface area (Å²) in [5, 5.41) is 0.511. The van der Waals surface area contributed by atoms with Crippen LogP contribution in [0.4, 0.5) is 15.2 Å². The van der Waals surface area contributed by atoms with E-state index in [0.717, 1.165) is 11.0 Å². The van der Waals surface area contributed by atoms with Crippen LogP contribution in [0.5, 0.6) is 0 Å². The smallest absolute Gasteiger partial charge is 0.277 e. The zero-order valence-corrected chi connectivity index (χ0v) is 29.3. The van der Waals surface area contributed by atoms with Crippen molar-refractivity contribution < 1.29 is 17.6 Å². The number of pyridine rings is 3. The third-order valence-corrected chi connectivity index (χ3v) is 11.7. The Hall–Kier alpha value is -4.69. The van der Waals surface area contributed by atoms with Crippen molar-refractivity contribution in [2.45, 2.75) is 44.4 Å². The van der Waals surface area contributed by atoms with Crippen molar-refractivity contribution >= 4 is 59.2 Å². The lowest BCUT2D eigenvalue weighted by molar-refractivity contribution is -0.139. The summed E-state index contributed by atoms with van der Waals surface area (Å²) in [5.41, 5.74) is 7.85. The molecule has 14 heteroatoms. The summed E-state index contributed by atoms with van der Waals surface area (Å²) in [6, 6.07) is 8.33. The summed E-state index contributed by atoms with van der Waals surface area (Å²) in [6.45, 7) is 11.2. The Labute approximate surface area is 286 Å². The van der Waals surface area contributed by atoms with Gasteiger partial charge in [-0.25, -0.2) is 22.8 Å². The predicted molar refractivity (Wildman–Crippen MR) is 191 cm³/mol. The van der Waals surface area contributed by atoms with E-state index in [1.807, 2.05) is 31.7 Å². The van der Waals surface area contributed by atoms with Gasteiger partial charge >= 0.3 is 0 Å². The van der Waals surface area contributed by atoms with Crippen LogP contribution in [0.1, 0.15) is 43.9 Å². The van der Waals surface area contributed by atoms with Crippen LogP contribution in [0.25, 0.3) is 38.2 Å². The number of aromatic nitrogens is 4. The highest BCUT2D eigenvalue weighted by atomic mass is 32.2. The van der Waals surface area contributed by atoms with Gasteiger partial charge in [0.15, 0.2) is 25.5 Å². The lowest BCUT2D eigenvalue weighted by atomic mass is 9.72. The van der Waals surface area contributed by atoms with Gasteiger partial charge in [0, 0.05) is 55.0 Å². The number of anilines is 2. The number of carbonyl (C=O) groups is 1. The topological polar surface area (TPSA) is 144 Å². The molecule has 0 atom stereocenters. The molecule has 5 aromatic rings. The first kappa shape index (κ1) is 32.8. The molecule has 49 heavy (non-hydrogen) atoms. The van der Waals surface area contributed by atoms with Crippen molar-refractivity contribution in [1.29, 1.82) is 0 Å². The standard InChI is InChI=1S/C35H36FN7O4S2/c1-6-25(44)42-17-35(18-42)11-14-41(15-12-35)30-22-16-23(36)27(21-8-7-9-24-28(21)40-34(37)48-24)39-32(22)43(33(45)31(30)49(5,46)47)29-20(4)10-13-38-26(29)19(2)3/h6-10,13,16,19H,1,11-12,14-15,17-18H2,2-5H3,(H2,37,40). The Bertz CT molecular complexity index is 2370. The van der Waals surface area contributed by atoms with Crippen LogP contribution in [0, 0.1) is 18.2 Å². The predicted octanol–water partition coefficient (Wildman–Crippen LogP) is 5.23. The number of aryl methyl sites for hydroxylation is 1. The summed E-state index contributed by atoms with van der Waals surface area (Å²) in [5.74, 6) is -0.962. The summed E-state index contributed by atoms with van der Waals surface area (Å²) in [6.07, 6.45) is 5.26. The van der Waals surface area contributed by atoms with E-state index in [1.165, 1.54) is 28.0 Å². The van der Waals surface area contributed by atoms with Gasteiger partial charge in [-0.3, -0.25) is 19.1 Å². The van der Waals surface area contributed by atoms with Gasteiger partial charge in [0.25, 0.3) is 5.56 Å². The van der Waals surface area contributed by atoms with Crippen LogP contribution in [-0.4, -0.2) is 71.2 Å². The Balaban J connectivity index is 1.51. The fourth-order valence-electron chi connectivity index (χ4n) is 7.30. The molecule has 0 unspecified atom stereocenters. The molecule has 6 heterocycles. The van der Waals surface area contributed by atoms with Crippen LogP contribution in [0.15, 0.2) is 58.9 Å². The summed E-state index contributed by atoms with van der Waals surface area (Å²) in [7, 11) is -4.16. The molecule has 0 bridgehead atoms. The van der Waals surface area contributed by atoms with Gasteiger partial charge in [-0.1, -0.05) is 43.9 Å². The summed E-state index contributed by atoms with van der Waals surface area (Å²) in [4.78, 5) is 44.1. The third-order valence-electron chi connectivity index (χ3n) is 9.70. The molecular formula is C35H36FN7O4S2. The van der Waals surface area contributed by atoms with Crippen LogP contribution < -0.4 is 16.2 Å². The van der Waals surface area contributed by atoms with Crippen molar-refractivity contribution in [3.8, 4) is 16.9 Å². The number of hydrogen-bond acceptors (Lipinski definition) is 10. The molecule has 2 fully saturated rings. The Morgan fingerprint density at radius 3 is 2.51 bits per heavy atom. The highest BCUT2D eigenvalue weighted by Crippen LogP contribution is 2.44. The molecule has 254 valence electrons. The second-order valence-corrected chi connectivity index (χ2v) is 16.4. The van der Waals surface area contributed by atoms with E-state index < -0.39 is 26.1 Å². The van der Waals surface area contributed by atoms with Crippen molar-refractivity contribution in [2.24, 2.45) is 5.41 Å². The van der Waals surface area contributed by atoms with Gasteiger partial charge in [0.1, 0.15) is 11.5 Å². The van der Waals surface area contributed by atoms with E-state index in [2.05, 4.69) is 16.5 Å². The fourth-order valence-corrected chi connectivity index (χ4v) is 9.06. The molecule has 4 aromatic heterocycles. The number of hydrogen-bond donors (Lipinski definition) is 1. The minimum Gasteiger partial charge on any atom is -0.375 e. The molecule has 1 amide bonds. The van der Waals surface area contributed by atoms with Gasteiger partial charge in [-0.2, -0.15) is 0 Å². The van der Waals surface area contributed by atoms with E-state index in [0.29, 0.717) is 72.2 Å². The first-order valence-electron chi connectivity index (χ1n) is 16.0. The van der Waals surface area contributed by atoms with Crippen molar-refractivity contribution in [3.05, 3.63) is 76.6 Å². The second kappa shape index (κ2) is 11.7. The number of nitrogens with zero attached hydrogens (tertiary/aromatic N) is 6. The third kappa shape index (κ3) is 5.37. The highest BCUT2D eigenvalue weighted by molar-refractivity contribution is 7.90. The quantitative estimate of drug-likeness (QED) is 0.236. The van der Waals surface area contributed by atoms with E-state index in [-0.39, 0.29) is 39.7 Å². The van der Waals surface area contributed by atoms with E-state index in [4.69, 9.17) is 10.7 Å². The molecule has 7 rings (SSSR count). The second-order valence-electron chi connectivity index (χ2n) is 13.4. The lowest BCUT2D eigenvalue weighted by Crippen LogP contribution is -2.61. The maximum Gasteiger partial charge on any atom is 0.277 e. The van der Waals surface area contributed by atoms with Gasteiger partial charge in [0.05, 0.1) is 27.3 Å². The number of sulfone groups is 1. The number of benzene rings is 1. The lowest BCUT2D eigenvalue weighted by Gasteiger charge is -2.54. The van der Waals surface area contributed by atoms with Gasteiger partial charge in [0.2, 0.25) is 5.91 Å². The fraction of sp³-hybridized carbons (Fsp3) is 0.343. The number of thiazole rings is 1. The first-order valence-corrected chi connectivity index (χ1v) is 18.7. The zero-order chi connectivity index (χ0) is 35.0. The van der Waals surface area contributed by atoms with Crippen LogP contribution in [-0.2, 0) is 14.6 Å². The molecular weight excluding hydrogens is 666 g/mol. The zero-order valence-electron chi connectivity index (χ0n) is 27.7. The Morgan fingerprint density at radius 1 is 1.14 bits per heavy atom. The molecule has 11 nitrogen and oxygen atoms in total. The number of amides is 1. The number of piperidine rings is 1. The summed E-state index contributed by atoms with van der Waals surface area (Å²) >= 11 is 1.27. The Kier molecular flexibility index (Phi) is 7.86. The largest absolute Gasteiger partial charge is 0.375 e. The van der Waals surface area contributed by atoms with Crippen LogP contribution in [0.2, 0.25) is 0 Å². The molecule has 1 spiro atoms. The Morgan fingerprint density at radius 2 is 1.86 bits per heavy atom. The SMILES string of the molecule is C=CC(=O)N1CC2(CCN(c3c(S(C)(=O)=O)c(=O)n(-c4c(C)ccnc4C(C)C)c4nc(-c5cccc6sc(N)nc56)c(F)cc34)CC2)C1. The van der Waals surface area contributed by atoms with Gasteiger partial charge in [-0.15, -0.1) is 0 Å². The minimum atomic E-state index is -4.16. The van der Waals surface area contributed by atoms with Gasteiger partial charge in [-0.05, 0) is 55.5 Å². The van der Waals surface area contributed by atoms with Crippen LogP contribution >= 0.6 is 11.3 Å². The maximum absolute atomic E-state index is 16.5. The monoisotopic (exact) mass is 701 g/mol. The number of carbonyl (C=O) groups excluding carboxylic acids is 1. The summed E-state index contributed by atoms with van der Waals surface area (Å²) < 4.78 is 45.9. The molecule has 0 saturated carbocycles. The van der Waals surface area contributed by atoms with Crippen LogP contribution in [0.3, 0.4) is 0 Å². The molecule has 0 radical (unpaired) electrons. The molecule has 2 N–H and O–H groups in total. The number of halogens is 1.